The van der Waals surface area contributed by atoms with Gasteiger partial charge in [-0.15, -0.1) is 0 Å². The average molecular weight is 494 g/mol. The first kappa shape index (κ1) is 28.6. The minimum absolute atomic E-state index is 0. The highest BCUT2D eigenvalue weighted by Gasteiger charge is 2.21. The zero-order chi connectivity index (χ0) is 26.1. The van der Waals surface area contributed by atoms with Gasteiger partial charge in [0.1, 0.15) is 5.78 Å². The van der Waals surface area contributed by atoms with Gasteiger partial charge in [0.05, 0.1) is 0 Å². The van der Waals surface area contributed by atoms with E-state index in [9.17, 15) is 4.79 Å². The lowest BCUT2D eigenvalue weighted by atomic mass is 9.83. The van der Waals surface area contributed by atoms with E-state index >= 15 is 0 Å². The van der Waals surface area contributed by atoms with E-state index in [0.29, 0.717) is 24.5 Å². The van der Waals surface area contributed by atoms with E-state index < -0.39 is 0 Å². The van der Waals surface area contributed by atoms with Crippen molar-refractivity contribution >= 4 is 5.78 Å². The van der Waals surface area contributed by atoms with Crippen LogP contribution in [-0.2, 0) is 17.6 Å². The first-order valence-electron chi connectivity index (χ1n) is 15.0. The van der Waals surface area contributed by atoms with Gasteiger partial charge in [-0.05, 0) is 91.2 Å². The van der Waals surface area contributed by atoms with E-state index in [-0.39, 0.29) is 2.85 Å². The highest BCUT2D eigenvalue weighted by atomic mass is 16.1. The molecule has 0 radical (unpaired) electrons. The van der Waals surface area contributed by atoms with Gasteiger partial charge >= 0.3 is 0 Å². The van der Waals surface area contributed by atoms with Crippen molar-refractivity contribution in [3.8, 4) is 0 Å². The molecule has 1 aromatic carbocycles. The van der Waals surface area contributed by atoms with Crippen LogP contribution in [0.3, 0.4) is 0 Å². The van der Waals surface area contributed by atoms with Gasteiger partial charge in [-0.25, -0.2) is 0 Å². The molecule has 2 aliphatic carbocycles. The van der Waals surface area contributed by atoms with E-state index in [1.807, 2.05) is 20.0 Å². The minimum atomic E-state index is 0. The summed E-state index contributed by atoms with van der Waals surface area (Å²) < 4.78 is 0. The average Bonchev–Trinajstić information content (AvgIpc) is 3.39. The first-order valence-corrected chi connectivity index (χ1v) is 15.0. The molecule has 0 amide bonds. The normalized spacial score (nSPS) is 17.5. The molecule has 0 spiro atoms. The number of rotatable bonds is 9. The molecular weight excluding hydrogens is 438 g/mol. The van der Waals surface area contributed by atoms with E-state index in [0.717, 1.165) is 29.5 Å². The number of carbonyl (C=O) groups excluding carboxylic acids is 1. The maximum atomic E-state index is 12.8. The zero-order valence-corrected chi connectivity index (χ0v) is 24.1. The number of nitrogens with zero attached hydrogens (tertiary/aromatic N) is 1. The van der Waals surface area contributed by atoms with Gasteiger partial charge < -0.3 is 0 Å². The Kier molecular flexibility index (Phi) is 11.2. The van der Waals surface area contributed by atoms with Crippen molar-refractivity contribution in [1.82, 2.24) is 4.98 Å². The number of Topliss-reactive ketones (excluding diaryl/α,β-unsaturated/α-hetero) is 1. The highest BCUT2D eigenvalue weighted by Crippen LogP contribution is 2.34. The number of pyridine rings is 1. The van der Waals surface area contributed by atoms with Gasteiger partial charge in [-0.3, -0.25) is 9.78 Å². The summed E-state index contributed by atoms with van der Waals surface area (Å²) >= 11 is 0. The van der Waals surface area contributed by atoms with Gasteiger partial charge in [0.25, 0.3) is 0 Å². The smallest absolute Gasteiger partial charge is 0.137 e. The fourth-order valence-corrected chi connectivity index (χ4v) is 6.52. The molecule has 2 aliphatic rings. The Labute approximate surface area is 224 Å². The van der Waals surface area contributed by atoms with Crippen LogP contribution < -0.4 is 0 Å². The third kappa shape index (κ3) is 7.77. The summed E-state index contributed by atoms with van der Waals surface area (Å²) in [7, 11) is 0. The Morgan fingerprint density at radius 2 is 1.61 bits per heavy atom. The van der Waals surface area contributed by atoms with Crippen molar-refractivity contribution in [2.75, 3.05) is 0 Å². The quantitative estimate of drug-likeness (QED) is 0.348. The van der Waals surface area contributed by atoms with E-state index in [1.165, 1.54) is 92.0 Å². The predicted molar refractivity (Wildman–Crippen MR) is 158 cm³/mol. The van der Waals surface area contributed by atoms with E-state index in [4.69, 9.17) is 4.98 Å². The Morgan fingerprint density at radius 1 is 0.944 bits per heavy atom. The summed E-state index contributed by atoms with van der Waals surface area (Å²) in [6.45, 7) is 12.9. The number of hydrogen-bond donors (Lipinski definition) is 0. The second-order valence-electron chi connectivity index (χ2n) is 11.6. The molecule has 2 aromatic rings. The summed E-state index contributed by atoms with van der Waals surface area (Å²) in [5, 5.41) is 0. The number of ketones is 1. The summed E-state index contributed by atoms with van der Waals surface area (Å²) in [6.07, 6.45) is 17.7. The zero-order valence-electron chi connectivity index (χ0n) is 24.1. The molecule has 2 heteroatoms. The summed E-state index contributed by atoms with van der Waals surface area (Å²) in [4.78, 5) is 17.7. The minimum Gasteiger partial charge on any atom is -0.299 e. The van der Waals surface area contributed by atoms with E-state index in [2.05, 4.69) is 45.9 Å². The molecule has 2 saturated carbocycles. The second kappa shape index (κ2) is 14.1. The van der Waals surface area contributed by atoms with Gasteiger partial charge in [-0.1, -0.05) is 83.9 Å². The van der Waals surface area contributed by atoms with Crippen molar-refractivity contribution in [2.24, 2.45) is 11.8 Å². The predicted octanol–water partition coefficient (Wildman–Crippen LogP) is 9.88. The topological polar surface area (TPSA) is 30.0 Å². The summed E-state index contributed by atoms with van der Waals surface area (Å²) in [5.41, 5.74) is 9.05. The molecule has 0 N–H and O–H groups in total. The molecule has 36 heavy (non-hydrogen) atoms. The molecule has 202 valence electrons. The highest BCUT2D eigenvalue weighted by molar-refractivity contribution is 5.81. The van der Waals surface area contributed by atoms with Crippen LogP contribution in [0.25, 0.3) is 0 Å². The largest absolute Gasteiger partial charge is 0.299 e. The Morgan fingerprint density at radius 3 is 2.28 bits per heavy atom. The van der Waals surface area contributed by atoms with Crippen LogP contribution in [0.5, 0.6) is 0 Å². The van der Waals surface area contributed by atoms with Crippen LogP contribution >= 0.6 is 0 Å². The van der Waals surface area contributed by atoms with Crippen molar-refractivity contribution in [2.45, 2.75) is 131 Å². The molecular formula is C34H55NO. The van der Waals surface area contributed by atoms with Crippen molar-refractivity contribution in [1.29, 1.82) is 0 Å². The lowest BCUT2D eigenvalue weighted by molar-refractivity contribution is -0.119. The third-order valence-corrected chi connectivity index (χ3v) is 8.83. The molecule has 0 aliphatic heterocycles. The van der Waals surface area contributed by atoms with Crippen molar-refractivity contribution < 1.29 is 7.65 Å². The van der Waals surface area contributed by atoms with Gasteiger partial charge in [0.15, 0.2) is 0 Å². The molecule has 2 fully saturated rings. The molecule has 1 heterocycles. The molecule has 1 unspecified atom stereocenters. The molecule has 0 saturated heterocycles. The first-order chi connectivity index (χ1) is 17.4. The number of aromatic nitrogens is 1. The van der Waals surface area contributed by atoms with E-state index in [1.54, 1.807) is 0 Å². The van der Waals surface area contributed by atoms with Crippen LogP contribution in [0.1, 0.15) is 139 Å². The van der Waals surface area contributed by atoms with Gasteiger partial charge in [-0.2, -0.15) is 0 Å². The molecule has 4 rings (SSSR count). The lowest BCUT2D eigenvalue weighted by Crippen LogP contribution is -2.13. The third-order valence-electron chi connectivity index (χ3n) is 8.83. The van der Waals surface area contributed by atoms with Crippen molar-refractivity contribution in [3.05, 3.63) is 63.5 Å². The fraction of sp³-hybridized carbons (Fsp3) is 0.647. The lowest BCUT2D eigenvalue weighted by Gasteiger charge is -2.23. The maximum Gasteiger partial charge on any atom is 0.137 e. The maximum absolute atomic E-state index is 12.8. The number of carbonyl (C=O) groups is 1. The molecule has 2 nitrogen and oxygen atoms in total. The fourth-order valence-electron chi connectivity index (χ4n) is 6.52. The number of aryl methyl sites for hydroxylation is 1. The Balaban J connectivity index is 0.00000176. The molecule has 1 aromatic heterocycles. The standard InChI is InChI=1S/C32H45NO.C2H6.2H2/c1-22(16-26-10-8-9-11-26)17-31(34)19-30-21-33-32(25(4)24(30)3)20-28-14-15-29(18-23(28)2)27-12-6-5-7-13-27;1-2;;/h14-15,18,21-22,26-27H,5-13,16-17,19-20H2,1-4H3;1-2H3;2*1H. The SMILES string of the molecule is CC.Cc1cc(C2CCCCC2)ccc1Cc1ncc(CC(=O)CC(C)CC2CCCC2)c(C)c1C.[HH].[HH]. The molecule has 0 bridgehead atoms. The van der Waals surface area contributed by atoms with Crippen LogP contribution in [0.15, 0.2) is 24.4 Å². The number of hydrogen-bond acceptors (Lipinski definition) is 2. The Hall–Kier alpha value is -1.96. The summed E-state index contributed by atoms with van der Waals surface area (Å²) in [5.74, 6) is 2.48. The molecule has 1 atom stereocenters. The van der Waals surface area contributed by atoms with Gasteiger partial charge in [0, 0.05) is 34.0 Å². The summed E-state index contributed by atoms with van der Waals surface area (Å²) in [6, 6.07) is 7.12. The van der Waals surface area contributed by atoms with Crippen LogP contribution in [-0.4, -0.2) is 10.8 Å². The van der Waals surface area contributed by atoms with Crippen LogP contribution in [0, 0.1) is 32.6 Å². The van der Waals surface area contributed by atoms with Gasteiger partial charge in [0.2, 0.25) is 0 Å². The Bertz CT molecular complexity index is 990. The number of benzene rings is 1. The monoisotopic (exact) mass is 493 g/mol. The second-order valence-corrected chi connectivity index (χ2v) is 11.6. The van der Waals surface area contributed by atoms with Crippen LogP contribution in [0.4, 0.5) is 0 Å². The van der Waals surface area contributed by atoms with Crippen LogP contribution in [0.2, 0.25) is 0 Å². The van der Waals surface area contributed by atoms with Crippen molar-refractivity contribution in [3.63, 3.8) is 0 Å².